The van der Waals surface area contributed by atoms with E-state index >= 15 is 0 Å². The third-order valence-electron chi connectivity index (χ3n) is 12.1. The molecule has 1 N–H and O–H groups in total. The highest BCUT2D eigenvalue weighted by Gasteiger charge is 2.68. The smallest absolute Gasteiger partial charge is 0.330 e. The molecule has 206 valence electrons. The van der Waals surface area contributed by atoms with Gasteiger partial charge in [-0.2, -0.15) is 0 Å². The van der Waals surface area contributed by atoms with Crippen LogP contribution in [0, 0.1) is 45.3 Å². The molecule has 0 saturated heterocycles. The van der Waals surface area contributed by atoms with Crippen LogP contribution in [0.25, 0.3) is 0 Å². The highest BCUT2D eigenvalue weighted by molar-refractivity contribution is 5.86. The number of ether oxygens (including phenoxy) is 1. The van der Waals surface area contributed by atoms with Gasteiger partial charge in [0.1, 0.15) is 11.9 Å². The summed E-state index contributed by atoms with van der Waals surface area (Å²) in [5, 5.41) is 9.22. The molecule has 4 aliphatic carbocycles. The molecular weight excluding hydrogens is 464 g/mol. The van der Waals surface area contributed by atoms with Crippen molar-refractivity contribution in [1.82, 2.24) is 0 Å². The number of carboxylic acids is 1. The molecule has 5 nitrogen and oxygen atoms in total. The van der Waals surface area contributed by atoms with E-state index < -0.39 is 5.97 Å². The third kappa shape index (κ3) is 4.14. The summed E-state index contributed by atoms with van der Waals surface area (Å²) in [4.78, 5) is 36.6. The number of Topliss-reactive ketones (excluding diaryl/α,β-unsaturated/α-hetero) is 1. The van der Waals surface area contributed by atoms with Crippen molar-refractivity contribution in [3.63, 3.8) is 0 Å². The number of hydrogen-bond donors (Lipinski definition) is 1. The fourth-order valence-electron chi connectivity index (χ4n) is 9.67. The first-order valence-corrected chi connectivity index (χ1v) is 14.4. The van der Waals surface area contributed by atoms with Crippen molar-refractivity contribution in [1.29, 1.82) is 0 Å². The Bertz CT molecular complexity index is 1040. The number of esters is 1. The van der Waals surface area contributed by atoms with Gasteiger partial charge in [-0.15, -0.1) is 0 Å². The Hall–Kier alpha value is -1.91. The minimum absolute atomic E-state index is 0.00251. The fourth-order valence-corrected chi connectivity index (χ4v) is 9.67. The van der Waals surface area contributed by atoms with Crippen LogP contribution < -0.4 is 0 Å². The van der Waals surface area contributed by atoms with Gasteiger partial charge >= 0.3 is 11.9 Å². The van der Waals surface area contributed by atoms with Crippen LogP contribution in [0.1, 0.15) is 107 Å². The lowest BCUT2D eigenvalue weighted by atomic mass is 9.41. The maximum Gasteiger partial charge on any atom is 0.330 e. The lowest BCUT2D eigenvalue weighted by molar-refractivity contribution is -0.168. The molecule has 0 bridgehead atoms. The molecular formula is C32H48O5. The van der Waals surface area contributed by atoms with Crippen molar-refractivity contribution in [3.05, 3.63) is 23.3 Å². The number of allylic oxidation sites excluding steroid dienone is 2. The third-order valence-corrected chi connectivity index (χ3v) is 12.1. The van der Waals surface area contributed by atoms with Crippen molar-refractivity contribution in [2.75, 3.05) is 0 Å². The molecule has 3 saturated carbocycles. The summed E-state index contributed by atoms with van der Waals surface area (Å²) in [7, 11) is 0. The van der Waals surface area contributed by atoms with Crippen molar-refractivity contribution in [2.24, 2.45) is 45.3 Å². The molecule has 5 heteroatoms. The Morgan fingerprint density at radius 3 is 2.41 bits per heavy atom. The van der Waals surface area contributed by atoms with E-state index in [-0.39, 0.29) is 33.7 Å². The monoisotopic (exact) mass is 512 g/mol. The summed E-state index contributed by atoms with van der Waals surface area (Å²) in [6.07, 6.45) is 11.4. The first-order chi connectivity index (χ1) is 17.1. The zero-order valence-electron chi connectivity index (χ0n) is 24.3. The highest BCUT2D eigenvalue weighted by Crippen LogP contribution is 2.73. The summed E-state index contributed by atoms with van der Waals surface area (Å²) >= 11 is 0. The highest BCUT2D eigenvalue weighted by atomic mass is 16.5. The Morgan fingerprint density at radius 1 is 1.11 bits per heavy atom. The summed E-state index contributed by atoms with van der Waals surface area (Å²) in [6, 6.07) is 0. The van der Waals surface area contributed by atoms with Crippen molar-refractivity contribution in [2.45, 2.75) is 113 Å². The van der Waals surface area contributed by atoms with Gasteiger partial charge in [0, 0.05) is 29.7 Å². The van der Waals surface area contributed by atoms with Crippen LogP contribution in [0.3, 0.4) is 0 Å². The summed E-state index contributed by atoms with van der Waals surface area (Å²) < 4.78 is 6.20. The zero-order valence-corrected chi connectivity index (χ0v) is 24.3. The second-order valence-corrected chi connectivity index (χ2v) is 14.0. The normalized spacial score (nSPS) is 41.7. The number of hydrogen-bond acceptors (Lipinski definition) is 4. The average molecular weight is 513 g/mol. The number of carboxylic acid groups (broad SMARTS) is 1. The standard InChI is InChI=1S/C32H48O5/c1-19(10-9-11-20(2)28(35)36)22-14-17-31(7)23-12-13-25-29(4,5)26(34)15-16-30(25,6)24(23)18-27(32(22,31)8)37-21(3)33/h11,18-19,22-23,25,27H,9-10,12-17H2,1-8H3,(H,35,36). The largest absolute Gasteiger partial charge is 0.478 e. The summed E-state index contributed by atoms with van der Waals surface area (Å²) in [5.74, 6) is 0.808. The number of carbonyl (C=O) groups excluding carboxylic acids is 2. The SMILES string of the molecule is CC(=O)OC1C=C2C(CCC3C(C)(C)C(=O)CCC23C)C2(C)CCC(C(C)CCC=C(C)C(=O)O)C12C. The van der Waals surface area contributed by atoms with Gasteiger partial charge < -0.3 is 9.84 Å². The van der Waals surface area contributed by atoms with Crippen molar-refractivity contribution >= 4 is 17.7 Å². The molecule has 0 amide bonds. The predicted octanol–water partition coefficient (Wildman–Crippen LogP) is 7.15. The van der Waals surface area contributed by atoms with E-state index in [1.165, 1.54) is 12.5 Å². The molecule has 0 heterocycles. The minimum Gasteiger partial charge on any atom is -0.478 e. The number of carbonyl (C=O) groups is 3. The Morgan fingerprint density at radius 2 is 1.78 bits per heavy atom. The number of ketones is 1. The quantitative estimate of drug-likeness (QED) is 0.232. The lowest BCUT2D eigenvalue weighted by Crippen LogP contribution is -2.60. The van der Waals surface area contributed by atoms with Crippen molar-refractivity contribution < 1.29 is 24.2 Å². The summed E-state index contributed by atoms with van der Waals surface area (Å²) in [6.45, 7) is 17.0. The first-order valence-electron chi connectivity index (χ1n) is 14.4. The fraction of sp³-hybridized carbons (Fsp3) is 0.781. The molecule has 37 heavy (non-hydrogen) atoms. The average Bonchev–Trinajstić information content (AvgIpc) is 3.09. The van der Waals surface area contributed by atoms with Crippen LogP contribution in [0.15, 0.2) is 23.3 Å². The van der Waals surface area contributed by atoms with Crippen LogP contribution in [0.4, 0.5) is 0 Å². The molecule has 8 unspecified atom stereocenters. The van der Waals surface area contributed by atoms with Gasteiger partial charge in [0.15, 0.2) is 0 Å². The lowest BCUT2D eigenvalue weighted by Gasteiger charge is -2.64. The molecule has 0 spiro atoms. The van der Waals surface area contributed by atoms with Gasteiger partial charge in [-0.05, 0) is 92.4 Å². The number of fused-ring (bicyclic) bond motifs is 5. The van der Waals surface area contributed by atoms with Crippen LogP contribution in [-0.4, -0.2) is 28.9 Å². The minimum atomic E-state index is -0.857. The molecule has 0 aromatic heterocycles. The van der Waals surface area contributed by atoms with Crippen LogP contribution in [-0.2, 0) is 19.1 Å². The molecule has 4 aliphatic rings. The van der Waals surface area contributed by atoms with Gasteiger partial charge in [0.25, 0.3) is 0 Å². The first kappa shape index (κ1) is 28.1. The second-order valence-electron chi connectivity index (χ2n) is 14.0. The number of rotatable bonds is 6. The van der Waals surface area contributed by atoms with E-state index in [9.17, 15) is 19.5 Å². The van der Waals surface area contributed by atoms with Crippen LogP contribution >= 0.6 is 0 Å². The maximum atomic E-state index is 12.9. The van der Waals surface area contributed by atoms with Gasteiger partial charge in [-0.1, -0.05) is 53.2 Å². The number of aliphatic carboxylic acids is 1. The second kappa shape index (κ2) is 9.38. The zero-order chi connectivity index (χ0) is 27.6. The molecule has 0 aromatic carbocycles. The Kier molecular flexibility index (Phi) is 7.12. The summed E-state index contributed by atoms with van der Waals surface area (Å²) in [5.41, 5.74) is 1.28. The molecule has 4 rings (SSSR count). The van der Waals surface area contributed by atoms with Gasteiger partial charge in [-0.3, -0.25) is 9.59 Å². The van der Waals surface area contributed by atoms with E-state index in [0.717, 1.165) is 44.9 Å². The Labute approximate surface area is 223 Å². The van der Waals surface area contributed by atoms with E-state index in [1.54, 1.807) is 6.92 Å². The topological polar surface area (TPSA) is 80.7 Å². The predicted molar refractivity (Wildman–Crippen MR) is 145 cm³/mol. The van der Waals surface area contributed by atoms with E-state index in [2.05, 4.69) is 47.6 Å². The maximum absolute atomic E-state index is 12.9. The molecule has 3 fully saturated rings. The van der Waals surface area contributed by atoms with E-state index in [0.29, 0.717) is 41.4 Å². The molecule has 0 aliphatic heterocycles. The molecule has 0 aromatic rings. The van der Waals surface area contributed by atoms with Gasteiger partial charge in [-0.25, -0.2) is 4.79 Å². The van der Waals surface area contributed by atoms with E-state index in [1.807, 2.05) is 6.08 Å². The molecule has 0 radical (unpaired) electrons. The van der Waals surface area contributed by atoms with Gasteiger partial charge in [0.2, 0.25) is 0 Å². The molecule has 8 atom stereocenters. The van der Waals surface area contributed by atoms with Crippen molar-refractivity contribution in [3.8, 4) is 0 Å². The van der Waals surface area contributed by atoms with Gasteiger partial charge in [0.05, 0.1) is 0 Å². The Balaban J connectivity index is 1.73. The van der Waals surface area contributed by atoms with Crippen LogP contribution in [0.2, 0.25) is 0 Å². The van der Waals surface area contributed by atoms with E-state index in [4.69, 9.17) is 4.74 Å². The van der Waals surface area contributed by atoms with Crippen LogP contribution in [0.5, 0.6) is 0 Å².